The summed E-state index contributed by atoms with van der Waals surface area (Å²) in [6.07, 6.45) is 3.37. The molecule has 5 nitrogen and oxygen atoms in total. The van der Waals surface area contributed by atoms with Gasteiger partial charge in [-0.25, -0.2) is 4.98 Å². The van der Waals surface area contributed by atoms with Gasteiger partial charge >= 0.3 is 0 Å². The first kappa shape index (κ1) is 13.3. The molecular weight excluding hydrogens is 240 g/mol. The van der Waals surface area contributed by atoms with Gasteiger partial charge in [0.25, 0.3) is 5.91 Å². The van der Waals surface area contributed by atoms with Crippen LogP contribution in [0.15, 0.2) is 42.7 Å². The van der Waals surface area contributed by atoms with Crippen molar-refractivity contribution in [3.63, 3.8) is 0 Å². The quantitative estimate of drug-likeness (QED) is 0.844. The highest BCUT2D eigenvalue weighted by Gasteiger charge is 2.09. The minimum atomic E-state index is -0.490. The zero-order valence-corrected chi connectivity index (χ0v) is 11.0. The first-order valence-electron chi connectivity index (χ1n) is 6.20. The summed E-state index contributed by atoms with van der Waals surface area (Å²) in [5.41, 5.74) is 6.52. The molecule has 0 atom stereocenters. The highest BCUT2D eigenvalue weighted by molar-refractivity contribution is 5.89. The summed E-state index contributed by atoms with van der Waals surface area (Å²) in [6, 6.07) is 10.3. The molecule has 1 aromatic carbocycles. The average molecular weight is 258 g/mol. The normalized spacial score (nSPS) is 10.8. The van der Waals surface area contributed by atoms with E-state index in [2.05, 4.69) is 22.0 Å². The fraction of sp³-hybridized carbons (Fsp3) is 0.286. The van der Waals surface area contributed by atoms with E-state index >= 15 is 0 Å². The Morgan fingerprint density at radius 3 is 2.79 bits per heavy atom. The number of carbonyl (C=O) groups excluding carboxylic acids is 1. The second-order valence-electron chi connectivity index (χ2n) is 4.53. The molecule has 0 fully saturated rings. The van der Waals surface area contributed by atoms with Gasteiger partial charge in [-0.2, -0.15) is 0 Å². The van der Waals surface area contributed by atoms with E-state index in [1.165, 1.54) is 5.56 Å². The van der Waals surface area contributed by atoms with Gasteiger partial charge in [-0.05, 0) is 12.6 Å². The van der Waals surface area contributed by atoms with Crippen LogP contribution >= 0.6 is 0 Å². The molecule has 0 spiro atoms. The number of hydrogen-bond acceptors (Lipinski definition) is 3. The Morgan fingerprint density at radius 2 is 2.11 bits per heavy atom. The lowest BCUT2D eigenvalue weighted by Crippen LogP contribution is -2.25. The molecule has 0 radical (unpaired) electrons. The highest BCUT2D eigenvalue weighted by atomic mass is 16.1. The maximum absolute atomic E-state index is 11.1. The number of aromatic nitrogens is 2. The number of nitrogens with zero attached hydrogens (tertiary/aromatic N) is 3. The number of likely N-dealkylation sites (N-methyl/N-ethyl adjacent to an activating group) is 1. The maximum Gasteiger partial charge on any atom is 0.284 e. The van der Waals surface area contributed by atoms with Crippen LogP contribution in [0.3, 0.4) is 0 Å². The lowest BCUT2D eigenvalue weighted by Gasteiger charge is -2.17. The van der Waals surface area contributed by atoms with Crippen LogP contribution in [0.25, 0.3) is 0 Å². The SMILES string of the molecule is CN(CCn1ccnc1C(N)=O)Cc1ccccc1. The van der Waals surface area contributed by atoms with Gasteiger partial charge in [-0.3, -0.25) is 4.79 Å². The van der Waals surface area contributed by atoms with Crippen LogP contribution in [-0.4, -0.2) is 34.0 Å². The summed E-state index contributed by atoms with van der Waals surface area (Å²) in [6.45, 7) is 2.40. The van der Waals surface area contributed by atoms with E-state index in [-0.39, 0.29) is 0 Å². The van der Waals surface area contributed by atoms with E-state index in [0.29, 0.717) is 12.4 Å². The Balaban J connectivity index is 1.88. The third-order valence-corrected chi connectivity index (χ3v) is 2.95. The molecule has 2 N–H and O–H groups in total. The van der Waals surface area contributed by atoms with E-state index in [4.69, 9.17) is 5.73 Å². The van der Waals surface area contributed by atoms with Crippen LogP contribution in [0.5, 0.6) is 0 Å². The molecule has 100 valence electrons. The molecule has 1 aromatic heterocycles. The Hall–Kier alpha value is -2.14. The standard InChI is InChI=1S/C14H18N4O/c1-17(11-12-5-3-2-4-6-12)9-10-18-8-7-16-14(18)13(15)19/h2-8H,9-11H2,1H3,(H2,15,19). The Kier molecular flexibility index (Phi) is 4.30. The zero-order chi connectivity index (χ0) is 13.7. The Bertz CT molecular complexity index is 535. The monoisotopic (exact) mass is 258 g/mol. The van der Waals surface area contributed by atoms with Crippen molar-refractivity contribution in [1.82, 2.24) is 14.5 Å². The molecule has 5 heteroatoms. The van der Waals surface area contributed by atoms with Crippen molar-refractivity contribution in [2.75, 3.05) is 13.6 Å². The molecule has 0 aliphatic heterocycles. The lowest BCUT2D eigenvalue weighted by atomic mass is 10.2. The number of benzene rings is 1. The van der Waals surface area contributed by atoms with Crippen molar-refractivity contribution in [3.05, 3.63) is 54.1 Å². The second-order valence-corrected chi connectivity index (χ2v) is 4.53. The van der Waals surface area contributed by atoms with Gasteiger partial charge in [-0.1, -0.05) is 30.3 Å². The molecule has 0 saturated carbocycles. The Labute approximate surface area is 112 Å². The highest BCUT2D eigenvalue weighted by Crippen LogP contribution is 2.03. The first-order chi connectivity index (χ1) is 9.16. The second kappa shape index (κ2) is 6.15. The molecule has 0 aliphatic carbocycles. The predicted molar refractivity (Wildman–Crippen MR) is 73.5 cm³/mol. The summed E-state index contributed by atoms with van der Waals surface area (Å²) in [4.78, 5) is 17.3. The van der Waals surface area contributed by atoms with Gasteiger partial charge in [0.1, 0.15) is 0 Å². The number of imidazole rings is 1. The van der Waals surface area contributed by atoms with Gasteiger partial charge in [0.05, 0.1) is 0 Å². The van der Waals surface area contributed by atoms with Gasteiger partial charge in [-0.15, -0.1) is 0 Å². The fourth-order valence-corrected chi connectivity index (χ4v) is 1.97. The van der Waals surface area contributed by atoms with Crippen molar-refractivity contribution in [2.24, 2.45) is 5.73 Å². The van der Waals surface area contributed by atoms with E-state index < -0.39 is 5.91 Å². The number of primary amides is 1. The first-order valence-corrected chi connectivity index (χ1v) is 6.20. The van der Waals surface area contributed by atoms with E-state index in [1.807, 2.05) is 25.2 Å². The molecule has 0 bridgehead atoms. The van der Waals surface area contributed by atoms with Crippen molar-refractivity contribution < 1.29 is 4.79 Å². The lowest BCUT2D eigenvalue weighted by molar-refractivity contribution is 0.0985. The van der Waals surface area contributed by atoms with Gasteiger partial charge in [0, 0.05) is 32.0 Å². The topological polar surface area (TPSA) is 64.2 Å². The fourth-order valence-electron chi connectivity index (χ4n) is 1.97. The summed E-state index contributed by atoms with van der Waals surface area (Å²) < 4.78 is 1.78. The molecule has 2 rings (SSSR count). The smallest absolute Gasteiger partial charge is 0.284 e. The van der Waals surface area contributed by atoms with Gasteiger partial charge < -0.3 is 15.2 Å². The molecule has 0 aliphatic rings. The molecular formula is C14H18N4O. The van der Waals surface area contributed by atoms with Crippen LogP contribution < -0.4 is 5.73 Å². The summed E-state index contributed by atoms with van der Waals surface area (Å²) in [5.74, 6) is -0.177. The minimum Gasteiger partial charge on any atom is -0.363 e. The Morgan fingerprint density at radius 1 is 1.37 bits per heavy atom. The van der Waals surface area contributed by atoms with Crippen LogP contribution in [0.1, 0.15) is 16.2 Å². The third kappa shape index (κ3) is 3.66. The number of nitrogens with two attached hydrogens (primary N) is 1. The predicted octanol–water partition coefficient (Wildman–Crippen LogP) is 1.11. The summed E-state index contributed by atoms with van der Waals surface area (Å²) >= 11 is 0. The zero-order valence-electron chi connectivity index (χ0n) is 11.0. The summed E-state index contributed by atoms with van der Waals surface area (Å²) in [5, 5.41) is 0. The van der Waals surface area contributed by atoms with Crippen molar-refractivity contribution in [2.45, 2.75) is 13.1 Å². The molecule has 19 heavy (non-hydrogen) atoms. The van der Waals surface area contributed by atoms with Crippen LogP contribution in [0.4, 0.5) is 0 Å². The van der Waals surface area contributed by atoms with Crippen molar-refractivity contribution in [3.8, 4) is 0 Å². The van der Waals surface area contributed by atoms with Crippen molar-refractivity contribution >= 4 is 5.91 Å². The molecule has 1 heterocycles. The summed E-state index contributed by atoms with van der Waals surface area (Å²) in [7, 11) is 2.05. The number of amides is 1. The number of rotatable bonds is 6. The largest absolute Gasteiger partial charge is 0.363 e. The molecule has 1 amide bonds. The molecule has 0 saturated heterocycles. The van der Waals surface area contributed by atoms with Crippen LogP contribution in [0, 0.1) is 0 Å². The third-order valence-electron chi connectivity index (χ3n) is 2.95. The minimum absolute atomic E-state index is 0.313. The average Bonchev–Trinajstić information content (AvgIpc) is 2.86. The number of carbonyl (C=O) groups is 1. The van der Waals surface area contributed by atoms with Gasteiger partial charge in [0.15, 0.2) is 5.82 Å². The van der Waals surface area contributed by atoms with E-state index in [1.54, 1.807) is 17.0 Å². The molecule has 0 unspecified atom stereocenters. The van der Waals surface area contributed by atoms with E-state index in [9.17, 15) is 4.79 Å². The van der Waals surface area contributed by atoms with Gasteiger partial charge in [0.2, 0.25) is 0 Å². The van der Waals surface area contributed by atoms with Crippen LogP contribution in [-0.2, 0) is 13.1 Å². The van der Waals surface area contributed by atoms with Crippen LogP contribution in [0.2, 0.25) is 0 Å². The van der Waals surface area contributed by atoms with E-state index in [0.717, 1.165) is 13.1 Å². The maximum atomic E-state index is 11.1. The number of hydrogen-bond donors (Lipinski definition) is 1. The molecule has 2 aromatic rings. The van der Waals surface area contributed by atoms with Crippen molar-refractivity contribution in [1.29, 1.82) is 0 Å².